The van der Waals surface area contributed by atoms with Crippen LogP contribution in [-0.4, -0.2) is 41.5 Å². The third kappa shape index (κ3) is 3.90. The van der Waals surface area contributed by atoms with Crippen LogP contribution in [0.25, 0.3) is 0 Å². The molecule has 1 aliphatic rings. The van der Waals surface area contributed by atoms with Gasteiger partial charge in [-0.1, -0.05) is 0 Å². The number of hydrogen-bond donors (Lipinski definition) is 1. The number of amides is 1. The monoisotopic (exact) mass is 345 g/mol. The molecular formula is C18H23N3O4. The third-order valence-corrected chi connectivity index (χ3v) is 4.81. The van der Waals surface area contributed by atoms with Gasteiger partial charge in [-0.15, -0.1) is 0 Å². The van der Waals surface area contributed by atoms with E-state index in [1.165, 1.54) is 7.11 Å². The van der Waals surface area contributed by atoms with Gasteiger partial charge in [-0.25, -0.2) is 4.79 Å². The Morgan fingerprint density at radius 2 is 2.08 bits per heavy atom. The fourth-order valence-electron chi connectivity index (χ4n) is 3.41. The molecule has 2 heterocycles. The molecule has 0 saturated carbocycles. The largest absolute Gasteiger partial charge is 0.467 e. The highest BCUT2D eigenvalue weighted by atomic mass is 16.5. The van der Waals surface area contributed by atoms with Crippen LogP contribution in [-0.2, 0) is 20.7 Å². The number of pyridine rings is 1. The Hall–Kier alpha value is -2.62. The Morgan fingerprint density at radius 3 is 2.72 bits per heavy atom. The number of carbonyl (C=O) groups is 2. The Kier molecular flexibility index (Phi) is 5.97. The molecule has 2 rings (SSSR count). The lowest BCUT2D eigenvalue weighted by Crippen LogP contribution is -2.48. The van der Waals surface area contributed by atoms with Crippen molar-refractivity contribution in [3.8, 4) is 6.07 Å². The number of nitrogens with one attached hydrogen (secondary N) is 1. The van der Waals surface area contributed by atoms with E-state index in [1.807, 2.05) is 6.07 Å². The summed E-state index contributed by atoms with van der Waals surface area (Å²) in [6, 6.07) is 1.40. The summed E-state index contributed by atoms with van der Waals surface area (Å²) >= 11 is 0. The van der Waals surface area contributed by atoms with Gasteiger partial charge in [-0.2, -0.15) is 5.26 Å². The number of hydrogen-bond acceptors (Lipinski definition) is 5. The van der Waals surface area contributed by atoms with E-state index in [-0.39, 0.29) is 23.9 Å². The molecule has 7 nitrogen and oxygen atoms in total. The molecule has 1 aromatic rings. The maximum atomic E-state index is 12.6. The summed E-state index contributed by atoms with van der Waals surface area (Å²) < 4.78 is 4.81. The summed E-state index contributed by atoms with van der Waals surface area (Å²) in [7, 11) is 1.33. The van der Waals surface area contributed by atoms with Gasteiger partial charge in [0.05, 0.1) is 7.11 Å². The number of likely N-dealkylation sites (tertiary alicyclic amines) is 1. The van der Waals surface area contributed by atoms with Crippen molar-refractivity contribution >= 4 is 11.9 Å². The van der Waals surface area contributed by atoms with Crippen LogP contribution < -0.4 is 5.56 Å². The zero-order valence-electron chi connectivity index (χ0n) is 14.8. The lowest BCUT2D eigenvalue weighted by molar-refractivity contribution is -0.154. The second-order valence-electron chi connectivity index (χ2n) is 6.29. The molecule has 0 radical (unpaired) electrons. The minimum absolute atomic E-state index is 0.0819. The van der Waals surface area contributed by atoms with Gasteiger partial charge < -0.3 is 14.6 Å². The maximum Gasteiger partial charge on any atom is 0.328 e. The molecule has 1 N–H and O–H groups in total. The van der Waals surface area contributed by atoms with Crippen LogP contribution in [0.3, 0.4) is 0 Å². The highest BCUT2D eigenvalue weighted by Crippen LogP contribution is 2.21. The van der Waals surface area contributed by atoms with Crippen molar-refractivity contribution in [2.24, 2.45) is 0 Å². The number of nitriles is 1. The van der Waals surface area contributed by atoms with Crippen molar-refractivity contribution in [1.82, 2.24) is 9.88 Å². The van der Waals surface area contributed by atoms with E-state index in [9.17, 15) is 14.4 Å². The lowest BCUT2D eigenvalue weighted by atomic mass is 9.97. The number of piperidine rings is 1. The summed E-state index contributed by atoms with van der Waals surface area (Å²) in [6.45, 7) is 4.03. The number of esters is 1. The molecule has 25 heavy (non-hydrogen) atoms. The first-order chi connectivity index (χ1) is 11.9. The Labute approximate surface area is 146 Å². The molecule has 0 spiro atoms. The van der Waals surface area contributed by atoms with Crippen LogP contribution in [0.4, 0.5) is 0 Å². The molecule has 1 amide bonds. The number of aryl methyl sites for hydroxylation is 1. The first-order valence-corrected chi connectivity index (χ1v) is 8.40. The van der Waals surface area contributed by atoms with Crippen LogP contribution in [0.1, 0.15) is 48.1 Å². The average molecular weight is 345 g/mol. The normalized spacial score (nSPS) is 17.0. The SMILES string of the molecule is COC(=O)C1CCCCN1C(=O)CCc1c(C)[nH]c(=O)c(C#N)c1C. The summed E-state index contributed by atoms with van der Waals surface area (Å²) in [5.41, 5.74) is 1.75. The number of aromatic nitrogens is 1. The van der Waals surface area contributed by atoms with Gasteiger partial charge in [-0.05, 0) is 50.7 Å². The van der Waals surface area contributed by atoms with Crippen molar-refractivity contribution in [2.45, 2.75) is 52.0 Å². The molecule has 1 unspecified atom stereocenters. The molecule has 0 aromatic carbocycles. The standard InChI is InChI=1S/C18H23N3O4/c1-11-13(12(2)20-17(23)14(11)10-19)7-8-16(22)21-9-5-4-6-15(21)18(24)25-3/h15H,4-9H2,1-3H3,(H,20,23). The number of rotatable bonds is 4. The summed E-state index contributed by atoms with van der Waals surface area (Å²) in [5.74, 6) is -0.491. The Bertz CT molecular complexity index is 776. The molecule has 1 atom stereocenters. The van der Waals surface area contributed by atoms with Crippen LogP contribution in [0.2, 0.25) is 0 Å². The van der Waals surface area contributed by atoms with Crippen molar-refractivity contribution in [2.75, 3.05) is 13.7 Å². The fraction of sp³-hybridized carbons (Fsp3) is 0.556. The molecule has 7 heteroatoms. The lowest BCUT2D eigenvalue weighted by Gasteiger charge is -2.34. The zero-order chi connectivity index (χ0) is 18.6. The number of nitrogens with zero attached hydrogens (tertiary/aromatic N) is 2. The second-order valence-corrected chi connectivity index (χ2v) is 6.29. The summed E-state index contributed by atoms with van der Waals surface area (Å²) in [4.78, 5) is 40.6. The smallest absolute Gasteiger partial charge is 0.328 e. The van der Waals surface area contributed by atoms with E-state index in [0.29, 0.717) is 30.6 Å². The van der Waals surface area contributed by atoms with Crippen molar-refractivity contribution in [3.63, 3.8) is 0 Å². The van der Waals surface area contributed by atoms with Gasteiger partial charge in [0.2, 0.25) is 5.91 Å². The average Bonchev–Trinajstić information content (AvgIpc) is 2.60. The predicted molar refractivity (Wildman–Crippen MR) is 90.9 cm³/mol. The Morgan fingerprint density at radius 1 is 1.36 bits per heavy atom. The van der Waals surface area contributed by atoms with Crippen molar-refractivity contribution in [3.05, 3.63) is 32.7 Å². The van der Waals surface area contributed by atoms with E-state index in [4.69, 9.17) is 10.00 Å². The van der Waals surface area contributed by atoms with Crippen LogP contribution in [0.5, 0.6) is 0 Å². The molecule has 1 saturated heterocycles. The molecule has 0 aliphatic carbocycles. The van der Waals surface area contributed by atoms with E-state index in [1.54, 1.807) is 18.7 Å². The van der Waals surface area contributed by atoms with Crippen molar-refractivity contribution in [1.29, 1.82) is 5.26 Å². The quantitative estimate of drug-likeness (QED) is 0.830. The fourth-order valence-corrected chi connectivity index (χ4v) is 3.41. The predicted octanol–water partition coefficient (Wildman–Crippen LogP) is 1.35. The summed E-state index contributed by atoms with van der Waals surface area (Å²) in [6.07, 6.45) is 3.01. The number of aromatic amines is 1. The minimum Gasteiger partial charge on any atom is -0.467 e. The summed E-state index contributed by atoms with van der Waals surface area (Å²) in [5, 5.41) is 9.12. The minimum atomic E-state index is -0.515. The van der Waals surface area contributed by atoms with Gasteiger partial charge in [0.15, 0.2) is 0 Å². The molecule has 1 aromatic heterocycles. The highest BCUT2D eigenvalue weighted by molar-refractivity contribution is 5.84. The van der Waals surface area contributed by atoms with E-state index < -0.39 is 11.6 Å². The topological polar surface area (TPSA) is 103 Å². The van der Waals surface area contributed by atoms with Crippen LogP contribution in [0.15, 0.2) is 4.79 Å². The van der Waals surface area contributed by atoms with Crippen molar-refractivity contribution < 1.29 is 14.3 Å². The third-order valence-electron chi connectivity index (χ3n) is 4.81. The molecule has 1 aliphatic heterocycles. The molecular weight excluding hydrogens is 322 g/mol. The number of carbonyl (C=O) groups excluding carboxylic acids is 2. The van der Waals surface area contributed by atoms with Crippen LogP contribution in [0, 0.1) is 25.2 Å². The number of H-pyrrole nitrogens is 1. The van der Waals surface area contributed by atoms with Gasteiger partial charge in [0, 0.05) is 18.7 Å². The van der Waals surface area contributed by atoms with E-state index >= 15 is 0 Å². The van der Waals surface area contributed by atoms with E-state index in [0.717, 1.165) is 18.4 Å². The highest BCUT2D eigenvalue weighted by Gasteiger charge is 2.32. The van der Waals surface area contributed by atoms with Gasteiger partial charge >= 0.3 is 5.97 Å². The van der Waals surface area contributed by atoms with Crippen LogP contribution >= 0.6 is 0 Å². The molecule has 134 valence electrons. The molecule has 0 bridgehead atoms. The molecule has 1 fully saturated rings. The number of ether oxygens (including phenoxy) is 1. The maximum absolute atomic E-state index is 12.6. The first-order valence-electron chi connectivity index (χ1n) is 8.40. The van der Waals surface area contributed by atoms with Gasteiger partial charge in [0.25, 0.3) is 5.56 Å². The number of methoxy groups -OCH3 is 1. The van der Waals surface area contributed by atoms with Gasteiger partial charge in [0.1, 0.15) is 17.7 Å². The van der Waals surface area contributed by atoms with E-state index in [2.05, 4.69) is 4.98 Å². The Balaban J connectivity index is 2.16. The van der Waals surface area contributed by atoms with Gasteiger partial charge in [-0.3, -0.25) is 9.59 Å². The first kappa shape index (κ1) is 18.7. The zero-order valence-corrected chi connectivity index (χ0v) is 14.8. The second kappa shape index (κ2) is 7.97.